The Morgan fingerprint density at radius 1 is 1.33 bits per heavy atom. The van der Waals surface area contributed by atoms with Gasteiger partial charge in [0.15, 0.2) is 11.5 Å². The lowest BCUT2D eigenvalue weighted by Gasteiger charge is -2.17. The highest BCUT2D eigenvalue weighted by Gasteiger charge is 2.15. The average molecular weight is 398 g/mol. The van der Waals surface area contributed by atoms with Crippen LogP contribution in [0, 0.1) is 0 Å². The lowest BCUT2D eigenvalue weighted by molar-refractivity contribution is 0.0944. The number of nitrogens with zero attached hydrogens (tertiary/aromatic N) is 2. The molecule has 9 nitrogen and oxygen atoms in total. The van der Waals surface area contributed by atoms with Crippen LogP contribution in [0.25, 0.3) is 0 Å². The van der Waals surface area contributed by atoms with Crippen molar-refractivity contribution in [2.75, 3.05) is 25.4 Å². The van der Waals surface area contributed by atoms with E-state index < -0.39 is 5.91 Å². The van der Waals surface area contributed by atoms with Crippen molar-refractivity contribution in [1.29, 1.82) is 0 Å². The normalized spacial score (nSPS) is 10.9. The van der Waals surface area contributed by atoms with Gasteiger partial charge in [0.25, 0.3) is 5.91 Å². The summed E-state index contributed by atoms with van der Waals surface area (Å²) in [7, 11) is 0. The fourth-order valence-electron chi connectivity index (χ4n) is 2.27. The van der Waals surface area contributed by atoms with Gasteiger partial charge in [0, 0.05) is 19.6 Å². The fourth-order valence-corrected chi connectivity index (χ4v) is 2.55. The summed E-state index contributed by atoms with van der Waals surface area (Å²) in [6.45, 7) is 7.72. The molecule has 0 aliphatic carbocycles. The second kappa shape index (κ2) is 9.98. The number of ether oxygens (including phenoxy) is 2. The predicted molar refractivity (Wildman–Crippen MR) is 101 cm³/mol. The molecule has 1 aromatic carbocycles. The number of rotatable bonds is 10. The van der Waals surface area contributed by atoms with Crippen LogP contribution in [-0.2, 0) is 6.54 Å². The molecule has 0 spiro atoms. The third kappa shape index (κ3) is 6.00. The van der Waals surface area contributed by atoms with Gasteiger partial charge in [-0.3, -0.25) is 4.79 Å². The van der Waals surface area contributed by atoms with Crippen LogP contribution in [-0.4, -0.2) is 42.0 Å². The largest absolute Gasteiger partial charge is 0.490 e. The number of anilines is 1. The van der Waals surface area contributed by atoms with Gasteiger partial charge in [0.2, 0.25) is 11.5 Å². The van der Waals surface area contributed by atoms with Gasteiger partial charge in [-0.05, 0) is 48.8 Å². The van der Waals surface area contributed by atoms with Crippen LogP contribution in [0.2, 0.25) is 5.02 Å². The first-order valence-electron chi connectivity index (χ1n) is 8.61. The number of benzene rings is 1. The van der Waals surface area contributed by atoms with Crippen molar-refractivity contribution in [2.45, 2.75) is 33.4 Å². The fraction of sp³-hybridized carbons (Fsp3) is 0.471. The molecular weight excluding hydrogens is 374 g/mol. The Labute approximate surface area is 162 Å². The van der Waals surface area contributed by atoms with E-state index in [1.807, 2.05) is 32.9 Å². The smallest absolute Gasteiger partial charge is 0.277 e. The summed E-state index contributed by atoms with van der Waals surface area (Å²) >= 11 is 6.34. The molecule has 0 atom stereocenters. The second-order valence-corrected chi connectivity index (χ2v) is 6.34. The van der Waals surface area contributed by atoms with Crippen molar-refractivity contribution in [3.63, 3.8) is 0 Å². The molecule has 1 amide bonds. The van der Waals surface area contributed by atoms with E-state index in [0.29, 0.717) is 42.8 Å². The van der Waals surface area contributed by atoms with E-state index in [2.05, 4.69) is 25.6 Å². The Hall–Kier alpha value is -2.52. The number of hydrogen-bond donors (Lipinski definition) is 3. The number of nitrogen functional groups attached to an aromatic ring is 1. The standard InChI is InChI=1S/C17H24ClN5O4/c1-4-25-13-8-11(7-12(18)15(13)26-10(2)3)9-20-5-6-21-17(24)14-16(19)23-27-22-14/h7-8,10,20H,4-6,9H2,1-3H3,(H2,19,23)(H,21,24). The van der Waals surface area contributed by atoms with Crippen molar-refractivity contribution < 1.29 is 18.9 Å². The minimum Gasteiger partial charge on any atom is -0.490 e. The van der Waals surface area contributed by atoms with Crippen LogP contribution >= 0.6 is 11.6 Å². The van der Waals surface area contributed by atoms with Crippen LogP contribution in [0.3, 0.4) is 0 Å². The Morgan fingerprint density at radius 2 is 2.11 bits per heavy atom. The molecular formula is C17H24ClN5O4. The summed E-state index contributed by atoms with van der Waals surface area (Å²) in [4.78, 5) is 11.8. The number of halogens is 1. The van der Waals surface area contributed by atoms with Gasteiger partial charge < -0.3 is 25.8 Å². The number of carbonyl (C=O) groups is 1. The van der Waals surface area contributed by atoms with Crippen LogP contribution in [0.15, 0.2) is 16.8 Å². The molecule has 148 valence electrons. The molecule has 2 aromatic rings. The Kier molecular flexibility index (Phi) is 7.68. The molecule has 0 bridgehead atoms. The molecule has 10 heteroatoms. The topological polar surface area (TPSA) is 125 Å². The molecule has 0 radical (unpaired) electrons. The van der Waals surface area contributed by atoms with Gasteiger partial charge in [0.05, 0.1) is 17.7 Å². The molecule has 0 aliphatic rings. The first kappa shape index (κ1) is 20.8. The molecule has 2 rings (SSSR count). The van der Waals surface area contributed by atoms with Crippen LogP contribution in [0.4, 0.5) is 5.82 Å². The first-order valence-corrected chi connectivity index (χ1v) is 8.99. The molecule has 27 heavy (non-hydrogen) atoms. The number of nitrogens with two attached hydrogens (primary N) is 1. The van der Waals surface area contributed by atoms with E-state index in [0.717, 1.165) is 5.56 Å². The quantitative estimate of drug-likeness (QED) is 0.520. The van der Waals surface area contributed by atoms with Gasteiger partial charge in [0.1, 0.15) is 0 Å². The van der Waals surface area contributed by atoms with E-state index in [9.17, 15) is 4.79 Å². The van der Waals surface area contributed by atoms with Crippen molar-refractivity contribution in [3.05, 3.63) is 28.4 Å². The van der Waals surface area contributed by atoms with Gasteiger partial charge in [-0.1, -0.05) is 11.6 Å². The zero-order valence-electron chi connectivity index (χ0n) is 15.5. The van der Waals surface area contributed by atoms with Crippen molar-refractivity contribution in [3.8, 4) is 11.5 Å². The maximum atomic E-state index is 11.8. The summed E-state index contributed by atoms with van der Waals surface area (Å²) in [5.41, 5.74) is 6.38. The van der Waals surface area contributed by atoms with Crippen LogP contribution in [0.1, 0.15) is 36.8 Å². The Bertz CT molecular complexity index is 766. The van der Waals surface area contributed by atoms with Gasteiger partial charge >= 0.3 is 0 Å². The third-order valence-electron chi connectivity index (χ3n) is 3.37. The number of amides is 1. The zero-order valence-corrected chi connectivity index (χ0v) is 16.3. The van der Waals surface area contributed by atoms with Crippen LogP contribution < -0.4 is 25.8 Å². The molecule has 0 saturated heterocycles. The van der Waals surface area contributed by atoms with Gasteiger partial charge in [-0.15, -0.1) is 0 Å². The molecule has 0 unspecified atom stereocenters. The summed E-state index contributed by atoms with van der Waals surface area (Å²) < 4.78 is 15.8. The summed E-state index contributed by atoms with van der Waals surface area (Å²) in [5, 5.41) is 13.2. The SMILES string of the molecule is CCOc1cc(CNCCNC(=O)c2nonc2N)cc(Cl)c1OC(C)C. The highest BCUT2D eigenvalue weighted by molar-refractivity contribution is 6.32. The second-order valence-electron chi connectivity index (χ2n) is 5.94. The maximum absolute atomic E-state index is 11.8. The Balaban J connectivity index is 1.86. The predicted octanol–water partition coefficient (Wildman–Crippen LogP) is 2.01. The van der Waals surface area contributed by atoms with E-state index in [-0.39, 0.29) is 17.6 Å². The Morgan fingerprint density at radius 3 is 2.74 bits per heavy atom. The highest BCUT2D eigenvalue weighted by Crippen LogP contribution is 2.37. The van der Waals surface area contributed by atoms with Gasteiger partial charge in [-0.2, -0.15) is 0 Å². The highest BCUT2D eigenvalue weighted by atomic mass is 35.5. The molecule has 0 fully saturated rings. The molecule has 0 aliphatic heterocycles. The van der Waals surface area contributed by atoms with E-state index in [1.165, 1.54) is 0 Å². The minimum atomic E-state index is -0.438. The molecule has 4 N–H and O–H groups in total. The number of carbonyl (C=O) groups excluding carboxylic acids is 1. The number of hydrogen-bond acceptors (Lipinski definition) is 8. The summed E-state index contributed by atoms with van der Waals surface area (Å²) in [6, 6.07) is 3.72. The summed E-state index contributed by atoms with van der Waals surface area (Å²) in [5.74, 6) is 0.677. The van der Waals surface area contributed by atoms with E-state index >= 15 is 0 Å². The van der Waals surface area contributed by atoms with Crippen molar-refractivity contribution in [2.24, 2.45) is 0 Å². The van der Waals surface area contributed by atoms with Crippen LogP contribution in [0.5, 0.6) is 11.5 Å². The first-order chi connectivity index (χ1) is 12.9. The average Bonchev–Trinajstić information content (AvgIpc) is 3.03. The molecule has 1 heterocycles. The zero-order chi connectivity index (χ0) is 19.8. The van der Waals surface area contributed by atoms with Crippen molar-refractivity contribution >= 4 is 23.3 Å². The monoisotopic (exact) mass is 397 g/mol. The third-order valence-corrected chi connectivity index (χ3v) is 3.65. The van der Waals surface area contributed by atoms with Crippen molar-refractivity contribution in [1.82, 2.24) is 20.9 Å². The lowest BCUT2D eigenvalue weighted by Crippen LogP contribution is -2.32. The van der Waals surface area contributed by atoms with E-state index in [1.54, 1.807) is 0 Å². The number of nitrogens with one attached hydrogen (secondary N) is 2. The van der Waals surface area contributed by atoms with E-state index in [4.69, 9.17) is 26.8 Å². The molecule has 0 saturated carbocycles. The molecule has 1 aromatic heterocycles. The maximum Gasteiger partial charge on any atom is 0.277 e. The number of aromatic nitrogens is 2. The van der Waals surface area contributed by atoms with Gasteiger partial charge in [-0.25, -0.2) is 4.63 Å². The summed E-state index contributed by atoms with van der Waals surface area (Å²) in [6.07, 6.45) is -0.0109. The minimum absolute atomic E-state index is 0.0109. The lowest BCUT2D eigenvalue weighted by atomic mass is 10.2.